The summed E-state index contributed by atoms with van der Waals surface area (Å²) in [6.07, 6.45) is 0. The van der Waals surface area contributed by atoms with Crippen LogP contribution in [0.25, 0.3) is 0 Å². The van der Waals surface area contributed by atoms with Crippen molar-refractivity contribution in [2.75, 3.05) is 39.7 Å². The van der Waals surface area contributed by atoms with Gasteiger partial charge in [-0.2, -0.15) is 0 Å². The molecule has 0 radical (unpaired) electrons. The van der Waals surface area contributed by atoms with Gasteiger partial charge in [-0.25, -0.2) is 0 Å². The molecule has 22 heavy (non-hydrogen) atoms. The average Bonchev–Trinajstić information content (AvgIpc) is 2.44. The van der Waals surface area contributed by atoms with Gasteiger partial charge in [0, 0.05) is 23.7 Å². The van der Waals surface area contributed by atoms with E-state index in [1.807, 2.05) is 6.92 Å². The number of carbonyl (C=O) groups is 1. The predicted octanol–water partition coefficient (Wildman–Crippen LogP) is 1.93. The molecule has 1 saturated heterocycles. The Morgan fingerprint density at radius 3 is 2.09 bits per heavy atom. The number of hydrogen-bond donors (Lipinski definition) is 2. The molecule has 1 aromatic carbocycles. The number of anilines is 1. The molecule has 2 rings (SSSR count). The number of ether oxygens (including phenoxy) is 3. The second-order valence-electron chi connectivity index (χ2n) is 5.11. The van der Waals surface area contributed by atoms with Crippen molar-refractivity contribution in [1.82, 2.24) is 5.32 Å². The summed E-state index contributed by atoms with van der Waals surface area (Å²) in [5.74, 6) is 1.90. The Kier molecular flexibility index (Phi) is 6.77. The van der Waals surface area contributed by atoms with E-state index in [1.54, 1.807) is 33.5 Å². The van der Waals surface area contributed by atoms with Gasteiger partial charge in [0.2, 0.25) is 11.7 Å². The molecule has 7 heteroatoms. The van der Waals surface area contributed by atoms with Crippen molar-refractivity contribution in [1.29, 1.82) is 0 Å². The lowest BCUT2D eigenvalue weighted by Crippen LogP contribution is -2.48. The monoisotopic (exact) mass is 330 g/mol. The molecule has 2 N–H and O–H groups in total. The van der Waals surface area contributed by atoms with Crippen molar-refractivity contribution in [2.45, 2.75) is 6.92 Å². The highest BCUT2D eigenvalue weighted by atomic mass is 35.5. The summed E-state index contributed by atoms with van der Waals surface area (Å²) in [6.45, 7) is 3.73. The largest absolute Gasteiger partial charge is 0.493 e. The van der Waals surface area contributed by atoms with Gasteiger partial charge in [0.25, 0.3) is 0 Å². The van der Waals surface area contributed by atoms with E-state index in [2.05, 4.69) is 10.6 Å². The minimum absolute atomic E-state index is 0. The third-order valence-corrected chi connectivity index (χ3v) is 3.87. The number of benzene rings is 1. The molecule has 1 heterocycles. The van der Waals surface area contributed by atoms with Crippen LogP contribution in [0.2, 0.25) is 0 Å². The van der Waals surface area contributed by atoms with Gasteiger partial charge in [-0.1, -0.05) is 6.92 Å². The first-order valence-corrected chi connectivity index (χ1v) is 6.92. The van der Waals surface area contributed by atoms with E-state index >= 15 is 0 Å². The lowest BCUT2D eigenvalue weighted by molar-refractivity contribution is -0.121. The second-order valence-corrected chi connectivity index (χ2v) is 5.11. The molecule has 0 aliphatic carbocycles. The number of halogens is 1. The Hall–Kier alpha value is -1.66. The normalized spacial score (nSPS) is 15.1. The maximum absolute atomic E-state index is 12.2. The summed E-state index contributed by atoms with van der Waals surface area (Å²) in [7, 11) is 4.64. The molecule has 1 amide bonds. The quantitative estimate of drug-likeness (QED) is 0.834. The molecule has 0 bridgehead atoms. The SMILES string of the molecule is COc1cc(NC(=O)C(C)C2CNC2)cc(OC)c1OC.Cl. The maximum Gasteiger partial charge on any atom is 0.227 e. The smallest absolute Gasteiger partial charge is 0.227 e. The summed E-state index contributed by atoms with van der Waals surface area (Å²) in [6, 6.07) is 3.45. The molecule has 1 unspecified atom stereocenters. The first-order valence-electron chi connectivity index (χ1n) is 6.92. The third kappa shape index (κ3) is 3.75. The average molecular weight is 331 g/mol. The molecule has 124 valence electrons. The summed E-state index contributed by atoms with van der Waals surface area (Å²) in [4.78, 5) is 12.2. The van der Waals surface area contributed by atoms with Gasteiger partial charge in [0.05, 0.1) is 21.3 Å². The van der Waals surface area contributed by atoms with Crippen LogP contribution in [0.4, 0.5) is 5.69 Å². The highest BCUT2D eigenvalue weighted by Crippen LogP contribution is 2.40. The Morgan fingerprint density at radius 2 is 1.73 bits per heavy atom. The Bertz CT molecular complexity index is 495. The topological polar surface area (TPSA) is 68.8 Å². The van der Waals surface area contributed by atoms with Crippen molar-refractivity contribution in [3.05, 3.63) is 12.1 Å². The van der Waals surface area contributed by atoms with Crippen LogP contribution >= 0.6 is 12.4 Å². The van der Waals surface area contributed by atoms with Gasteiger partial charge in [-0.05, 0) is 19.0 Å². The number of hydrogen-bond acceptors (Lipinski definition) is 5. The van der Waals surface area contributed by atoms with Crippen LogP contribution in [-0.4, -0.2) is 40.3 Å². The summed E-state index contributed by atoms with van der Waals surface area (Å²) < 4.78 is 15.8. The minimum Gasteiger partial charge on any atom is -0.493 e. The Labute approximate surface area is 136 Å². The van der Waals surface area contributed by atoms with Crippen molar-refractivity contribution in [2.24, 2.45) is 11.8 Å². The van der Waals surface area contributed by atoms with Crippen molar-refractivity contribution in [3.8, 4) is 17.2 Å². The van der Waals surface area contributed by atoms with Crippen LogP contribution in [0.1, 0.15) is 6.92 Å². The van der Waals surface area contributed by atoms with E-state index in [9.17, 15) is 4.79 Å². The van der Waals surface area contributed by atoms with Crippen LogP contribution in [-0.2, 0) is 4.79 Å². The fourth-order valence-electron chi connectivity index (χ4n) is 2.29. The Balaban J connectivity index is 0.00000242. The zero-order valence-corrected chi connectivity index (χ0v) is 14.1. The van der Waals surface area contributed by atoms with Gasteiger partial charge in [-0.3, -0.25) is 4.79 Å². The molecule has 1 aliphatic rings. The zero-order valence-electron chi connectivity index (χ0n) is 13.3. The number of nitrogens with one attached hydrogen (secondary N) is 2. The molecular weight excluding hydrogens is 308 g/mol. The summed E-state index contributed by atoms with van der Waals surface area (Å²) >= 11 is 0. The highest BCUT2D eigenvalue weighted by molar-refractivity contribution is 5.93. The minimum atomic E-state index is -0.0367. The van der Waals surface area contributed by atoms with Crippen LogP contribution < -0.4 is 24.8 Å². The Morgan fingerprint density at radius 1 is 1.18 bits per heavy atom. The predicted molar refractivity (Wildman–Crippen MR) is 87.5 cm³/mol. The van der Waals surface area contributed by atoms with E-state index in [4.69, 9.17) is 14.2 Å². The molecule has 0 spiro atoms. The first kappa shape index (κ1) is 18.4. The summed E-state index contributed by atoms with van der Waals surface area (Å²) in [5, 5.41) is 6.09. The molecule has 0 aromatic heterocycles. The van der Waals surface area contributed by atoms with Gasteiger partial charge in [0.1, 0.15) is 0 Å². The molecule has 1 aromatic rings. The molecule has 1 fully saturated rings. The van der Waals surface area contributed by atoms with Gasteiger partial charge < -0.3 is 24.8 Å². The molecule has 0 saturated carbocycles. The lowest BCUT2D eigenvalue weighted by Gasteiger charge is -2.31. The van der Waals surface area contributed by atoms with E-state index in [1.165, 1.54) is 0 Å². The number of rotatable bonds is 6. The van der Waals surface area contributed by atoms with E-state index < -0.39 is 0 Å². The van der Waals surface area contributed by atoms with Gasteiger partial charge >= 0.3 is 0 Å². The number of amides is 1. The van der Waals surface area contributed by atoms with E-state index in [0.29, 0.717) is 28.9 Å². The highest BCUT2D eigenvalue weighted by Gasteiger charge is 2.29. The molecule has 6 nitrogen and oxygen atoms in total. The zero-order chi connectivity index (χ0) is 15.4. The van der Waals surface area contributed by atoms with Crippen molar-refractivity contribution >= 4 is 24.0 Å². The van der Waals surface area contributed by atoms with Crippen LogP contribution in [0, 0.1) is 11.8 Å². The maximum atomic E-state index is 12.2. The number of carbonyl (C=O) groups excluding carboxylic acids is 1. The van der Waals surface area contributed by atoms with Crippen LogP contribution in [0.3, 0.4) is 0 Å². The molecular formula is C15H23ClN2O4. The van der Waals surface area contributed by atoms with Crippen molar-refractivity contribution in [3.63, 3.8) is 0 Å². The van der Waals surface area contributed by atoms with E-state index in [0.717, 1.165) is 13.1 Å². The fraction of sp³-hybridized carbons (Fsp3) is 0.533. The second kappa shape index (κ2) is 8.10. The first-order chi connectivity index (χ1) is 10.1. The van der Waals surface area contributed by atoms with Gasteiger partial charge in [-0.15, -0.1) is 12.4 Å². The fourth-order valence-corrected chi connectivity index (χ4v) is 2.29. The van der Waals surface area contributed by atoms with Gasteiger partial charge in [0.15, 0.2) is 11.5 Å². The summed E-state index contributed by atoms with van der Waals surface area (Å²) in [5.41, 5.74) is 0.633. The van der Waals surface area contributed by atoms with E-state index in [-0.39, 0.29) is 24.2 Å². The van der Waals surface area contributed by atoms with Crippen LogP contribution in [0.15, 0.2) is 12.1 Å². The number of methoxy groups -OCH3 is 3. The van der Waals surface area contributed by atoms with Crippen LogP contribution in [0.5, 0.6) is 17.2 Å². The molecule has 1 atom stereocenters. The lowest BCUT2D eigenvalue weighted by atomic mass is 9.88. The molecule has 1 aliphatic heterocycles. The van der Waals surface area contributed by atoms with Crippen molar-refractivity contribution < 1.29 is 19.0 Å². The standard InChI is InChI=1S/C15H22N2O4.ClH/c1-9(10-7-16-8-10)15(18)17-11-5-12(19-2)14(21-4)13(6-11)20-3;/h5-6,9-10,16H,7-8H2,1-4H3,(H,17,18);1H. The third-order valence-electron chi connectivity index (χ3n) is 3.87.